The van der Waals surface area contributed by atoms with Crippen molar-refractivity contribution in [2.45, 2.75) is 37.8 Å². The Bertz CT molecular complexity index is 635. The van der Waals surface area contributed by atoms with E-state index in [0.717, 1.165) is 0 Å². The molecule has 0 aromatic heterocycles. The normalized spacial score (nSPS) is 13.7. The summed E-state index contributed by atoms with van der Waals surface area (Å²) in [6, 6.07) is 5.68. The number of sulfonamides is 1. The smallest absolute Gasteiger partial charge is 0.666 e. The van der Waals surface area contributed by atoms with Crippen LogP contribution in [0.2, 0.25) is 0 Å². The molecule has 2 atom stereocenters. The van der Waals surface area contributed by atoms with Gasteiger partial charge in [-0.15, -0.1) is 0 Å². The maximum atomic E-state index is 12.3. The molecule has 122 valence electrons. The Balaban J connectivity index is 0.00000484. The molecule has 2 amide bonds. The third-order valence-corrected chi connectivity index (χ3v) is 4.49. The summed E-state index contributed by atoms with van der Waals surface area (Å²) in [5.41, 5.74) is 6.95. The van der Waals surface area contributed by atoms with Crippen LogP contribution in [-0.2, 0) is 52.3 Å². The quantitative estimate of drug-likeness (QED) is 0.693. The van der Waals surface area contributed by atoms with Gasteiger partial charge < -0.3 is 15.8 Å². The van der Waals surface area contributed by atoms with Crippen molar-refractivity contribution in [3.63, 3.8) is 0 Å². The molecular formula is C14H20N3O4SY+2. The van der Waals surface area contributed by atoms with E-state index in [0.29, 0.717) is 0 Å². The summed E-state index contributed by atoms with van der Waals surface area (Å²) < 4.78 is 26.9. The Kier molecular flexibility index (Phi) is 9.12. The van der Waals surface area contributed by atoms with Crippen molar-refractivity contribution in [2.24, 2.45) is 5.92 Å². The molecular weight excluding hydrogens is 395 g/mol. The molecule has 0 aliphatic carbocycles. The van der Waals surface area contributed by atoms with Crippen LogP contribution in [0, 0.1) is 5.92 Å². The molecule has 0 radical (unpaired) electrons. The van der Waals surface area contributed by atoms with E-state index in [-0.39, 0.29) is 43.5 Å². The number of rotatable bonds is 7. The molecule has 9 heteroatoms. The molecule has 1 rings (SSSR count). The molecule has 0 aliphatic heterocycles. The van der Waals surface area contributed by atoms with Crippen molar-refractivity contribution in [3.8, 4) is 0 Å². The fourth-order valence-corrected chi connectivity index (χ4v) is 3.06. The standard InChI is InChI=1S/C14H21N3O4S.Y/c1-9(2)12(14(19)16-10(3)13(15)18)17-22(20,21)11-7-5-4-6-8-11;/h4-10,12,17H,1-3H3,(H3,15,16,18,19);/q;+3/p-1. The van der Waals surface area contributed by atoms with Gasteiger partial charge >= 0.3 is 32.7 Å². The molecule has 1 aromatic rings. The summed E-state index contributed by atoms with van der Waals surface area (Å²) in [6.45, 7) is 4.74. The fourth-order valence-electron chi connectivity index (χ4n) is 1.70. The Morgan fingerprint density at radius 2 is 1.61 bits per heavy atom. The van der Waals surface area contributed by atoms with Crippen LogP contribution in [-0.4, -0.2) is 32.3 Å². The van der Waals surface area contributed by atoms with E-state index < -0.39 is 33.9 Å². The number of nitrogens with one attached hydrogen (secondary N) is 3. The number of benzene rings is 1. The minimum Gasteiger partial charge on any atom is -0.666 e. The first-order valence-corrected chi connectivity index (χ1v) is 8.26. The first-order chi connectivity index (χ1) is 10.1. The van der Waals surface area contributed by atoms with Crippen LogP contribution in [0.25, 0.3) is 5.73 Å². The van der Waals surface area contributed by atoms with Gasteiger partial charge in [0.1, 0.15) is 6.04 Å². The molecule has 0 spiro atoms. The van der Waals surface area contributed by atoms with E-state index in [1.165, 1.54) is 19.1 Å². The number of hydrogen-bond donors (Lipinski definition) is 2. The van der Waals surface area contributed by atoms with E-state index >= 15 is 0 Å². The van der Waals surface area contributed by atoms with E-state index in [9.17, 15) is 18.0 Å². The van der Waals surface area contributed by atoms with Crippen molar-refractivity contribution in [1.82, 2.24) is 10.0 Å². The van der Waals surface area contributed by atoms with Crippen LogP contribution in [0.1, 0.15) is 20.8 Å². The van der Waals surface area contributed by atoms with Gasteiger partial charge in [0, 0.05) is 0 Å². The van der Waals surface area contributed by atoms with Gasteiger partial charge in [0.25, 0.3) is 0 Å². The summed E-state index contributed by atoms with van der Waals surface area (Å²) >= 11 is 0. The van der Waals surface area contributed by atoms with Crippen molar-refractivity contribution < 1.29 is 50.7 Å². The number of hydrogen-bond acceptors (Lipinski definition) is 4. The minimum atomic E-state index is -3.85. The van der Waals surface area contributed by atoms with Gasteiger partial charge in [0.05, 0.1) is 16.8 Å². The molecule has 2 unspecified atom stereocenters. The number of amides is 2. The van der Waals surface area contributed by atoms with Crippen molar-refractivity contribution in [3.05, 3.63) is 36.1 Å². The SMILES string of the molecule is CC(NC(=O)C(NS(=O)(=O)c1ccccc1)C(C)C)C([NH-])=O.[Y+3]. The second-order valence-electron chi connectivity index (χ2n) is 5.25. The number of carbonyl (C=O) groups is 2. The second-order valence-corrected chi connectivity index (χ2v) is 6.96. The van der Waals surface area contributed by atoms with Crippen LogP contribution in [0.15, 0.2) is 35.2 Å². The first-order valence-electron chi connectivity index (χ1n) is 6.78. The van der Waals surface area contributed by atoms with Crippen molar-refractivity contribution in [1.29, 1.82) is 0 Å². The van der Waals surface area contributed by atoms with E-state index in [1.54, 1.807) is 32.0 Å². The van der Waals surface area contributed by atoms with Gasteiger partial charge in [-0.2, -0.15) is 4.72 Å². The largest absolute Gasteiger partial charge is 3.00 e. The summed E-state index contributed by atoms with van der Waals surface area (Å²) in [7, 11) is -3.85. The summed E-state index contributed by atoms with van der Waals surface area (Å²) in [5, 5.41) is 2.33. The topological polar surface area (TPSA) is 116 Å². The van der Waals surface area contributed by atoms with E-state index in [2.05, 4.69) is 10.0 Å². The average Bonchev–Trinajstić information content (AvgIpc) is 2.45. The molecule has 0 heterocycles. The third kappa shape index (κ3) is 6.67. The van der Waals surface area contributed by atoms with Crippen molar-refractivity contribution in [2.75, 3.05) is 0 Å². The molecule has 0 saturated carbocycles. The van der Waals surface area contributed by atoms with Crippen LogP contribution in [0.5, 0.6) is 0 Å². The van der Waals surface area contributed by atoms with Crippen molar-refractivity contribution >= 4 is 21.8 Å². The monoisotopic (exact) mass is 415 g/mol. The molecule has 1 aromatic carbocycles. The zero-order valence-electron chi connectivity index (χ0n) is 13.2. The predicted octanol–water partition coefficient (Wildman–Crippen LogP) is 1.07. The molecule has 0 bridgehead atoms. The zero-order valence-corrected chi connectivity index (χ0v) is 16.9. The first kappa shape index (κ1) is 22.2. The molecule has 23 heavy (non-hydrogen) atoms. The summed E-state index contributed by atoms with van der Waals surface area (Å²) in [6.07, 6.45) is 0. The van der Waals surface area contributed by atoms with E-state index in [1.807, 2.05) is 0 Å². The van der Waals surface area contributed by atoms with Crippen LogP contribution < -0.4 is 10.0 Å². The molecule has 0 fully saturated rings. The van der Waals surface area contributed by atoms with Gasteiger partial charge in [-0.05, 0) is 25.0 Å². The number of carbonyl (C=O) groups excluding carboxylic acids is 2. The Morgan fingerprint density at radius 1 is 1.09 bits per heavy atom. The van der Waals surface area contributed by atoms with Gasteiger partial charge in [0.2, 0.25) is 15.9 Å². The average molecular weight is 415 g/mol. The molecule has 0 saturated heterocycles. The van der Waals surface area contributed by atoms with Gasteiger partial charge in [-0.1, -0.05) is 32.0 Å². The molecule has 7 nitrogen and oxygen atoms in total. The van der Waals surface area contributed by atoms with Gasteiger partial charge in [-0.25, -0.2) is 8.42 Å². The van der Waals surface area contributed by atoms with Gasteiger partial charge in [0.15, 0.2) is 0 Å². The summed E-state index contributed by atoms with van der Waals surface area (Å²) in [4.78, 5) is 23.1. The molecule has 3 N–H and O–H groups in total. The van der Waals surface area contributed by atoms with Crippen LogP contribution in [0.4, 0.5) is 0 Å². The Morgan fingerprint density at radius 3 is 2.04 bits per heavy atom. The Labute approximate surface area is 161 Å². The van der Waals surface area contributed by atoms with Crippen LogP contribution >= 0.6 is 0 Å². The fraction of sp³-hybridized carbons (Fsp3) is 0.429. The minimum absolute atomic E-state index is 0. The second kappa shape index (κ2) is 9.46. The van der Waals surface area contributed by atoms with E-state index in [4.69, 9.17) is 5.73 Å². The zero-order chi connectivity index (χ0) is 16.9. The third-order valence-electron chi connectivity index (χ3n) is 3.04. The van der Waals surface area contributed by atoms with Crippen LogP contribution in [0.3, 0.4) is 0 Å². The maximum Gasteiger partial charge on any atom is 3.00 e. The predicted molar refractivity (Wildman–Crippen MR) is 82.3 cm³/mol. The maximum absolute atomic E-state index is 12.3. The summed E-state index contributed by atoms with van der Waals surface area (Å²) in [5.74, 6) is -1.91. The van der Waals surface area contributed by atoms with Gasteiger partial charge in [-0.3, -0.25) is 4.79 Å². The Hall–Kier alpha value is -0.826. The molecule has 0 aliphatic rings.